The van der Waals surface area contributed by atoms with Crippen molar-refractivity contribution in [3.8, 4) is 0 Å². The molecule has 2 aliphatic rings. The first kappa shape index (κ1) is 13.8. The summed E-state index contributed by atoms with van der Waals surface area (Å²) in [5.41, 5.74) is 1.62. The predicted octanol–water partition coefficient (Wildman–Crippen LogP) is 3.20. The Morgan fingerprint density at radius 3 is 2.83 bits per heavy atom. The molecule has 2 heteroatoms. The molecule has 0 aromatic heterocycles. The first-order valence-electron chi connectivity index (χ1n) is 7.14. The molecule has 3 unspecified atom stereocenters. The van der Waals surface area contributed by atoms with Crippen LogP contribution in [0, 0.1) is 11.3 Å². The molecule has 0 aliphatic heterocycles. The summed E-state index contributed by atoms with van der Waals surface area (Å²) in [5, 5.41) is 20.3. The molecule has 0 aromatic carbocycles. The molecule has 0 amide bonds. The van der Waals surface area contributed by atoms with Gasteiger partial charge in [0, 0.05) is 6.61 Å². The molecule has 2 rings (SSSR count). The third-order valence-electron chi connectivity index (χ3n) is 5.10. The maximum absolute atomic E-state index is 10.9. The van der Waals surface area contributed by atoms with Crippen molar-refractivity contribution in [2.75, 3.05) is 6.61 Å². The standard InChI is InChI=1S/C16H26O2/c1-12(2)13-7-9-16(18)8-5-4-6-14(16)15(13,3)10-11-17/h6,13,17-18H,1,4-5,7-11H2,2-3H3. The van der Waals surface area contributed by atoms with Crippen LogP contribution in [0.4, 0.5) is 0 Å². The van der Waals surface area contributed by atoms with Crippen LogP contribution in [0.25, 0.3) is 0 Å². The maximum atomic E-state index is 10.9. The summed E-state index contributed by atoms with van der Waals surface area (Å²) in [7, 11) is 0. The zero-order valence-corrected chi connectivity index (χ0v) is 11.7. The van der Waals surface area contributed by atoms with Gasteiger partial charge in [-0.1, -0.05) is 25.2 Å². The van der Waals surface area contributed by atoms with E-state index in [0.717, 1.165) is 38.5 Å². The number of allylic oxidation sites excluding steroid dienone is 2. The third kappa shape index (κ3) is 2.06. The van der Waals surface area contributed by atoms with Gasteiger partial charge in [0.05, 0.1) is 5.60 Å². The van der Waals surface area contributed by atoms with Gasteiger partial charge in [-0.2, -0.15) is 0 Å². The Morgan fingerprint density at radius 2 is 2.22 bits per heavy atom. The van der Waals surface area contributed by atoms with E-state index < -0.39 is 5.60 Å². The van der Waals surface area contributed by atoms with Crippen molar-refractivity contribution in [2.24, 2.45) is 11.3 Å². The monoisotopic (exact) mass is 250 g/mol. The second kappa shape index (κ2) is 4.82. The second-order valence-corrected chi connectivity index (χ2v) is 6.37. The van der Waals surface area contributed by atoms with Crippen molar-refractivity contribution in [3.05, 3.63) is 23.8 Å². The van der Waals surface area contributed by atoms with Crippen molar-refractivity contribution in [3.63, 3.8) is 0 Å². The fourth-order valence-electron chi connectivity index (χ4n) is 4.21. The van der Waals surface area contributed by atoms with Gasteiger partial charge in [0.1, 0.15) is 0 Å². The molecule has 0 bridgehead atoms. The van der Waals surface area contributed by atoms with Gasteiger partial charge >= 0.3 is 0 Å². The Hall–Kier alpha value is -0.600. The average molecular weight is 250 g/mol. The summed E-state index contributed by atoms with van der Waals surface area (Å²) in [6.45, 7) is 8.58. The minimum atomic E-state index is -0.617. The van der Waals surface area contributed by atoms with Crippen molar-refractivity contribution in [1.82, 2.24) is 0 Å². The number of aliphatic hydroxyl groups is 2. The fraction of sp³-hybridized carbons (Fsp3) is 0.750. The predicted molar refractivity (Wildman–Crippen MR) is 74.2 cm³/mol. The van der Waals surface area contributed by atoms with E-state index in [1.54, 1.807) is 0 Å². The highest BCUT2D eigenvalue weighted by Crippen LogP contribution is 2.56. The minimum Gasteiger partial charge on any atom is -0.396 e. The average Bonchev–Trinajstić information content (AvgIpc) is 2.28. The normalized spacial score (nSPS) is 40.0. The van der Waals surface area contributed by atoms with Crippen LogP contribution in [0.1, 0.15) is 52.4 Å². The Bertz CT molecular complexity index is 371. The molecular formula is C16H26O2. The molecule has 102 valence electrons. The molecule has 1 fully saturated rings. The van der Waals surface area contributed by atoms with Gasteiger partial charge in [-0.25, -0.2) is 0 Å². The molecule has 2 aliphatic carbocycles. The summed E-state index contributed by atoms with van der Waals surface area (Å²) in [5.74, 6) is 0.384. The molecule has 0 heterocycles. The third-order valence-corrected chi connectivity index (χ3v) is 5.10. The van der Waals surface area contributed by atoms with Crippen LogP contribution in [0.2, 0.25) is 0 Å². The highest BCUT2D eigenvalue weighted by atomic mass is 16.3. The number of hydrogen-bond donors (Lipinski definition) is 2. The van der Waals surface area contributed by atoms with Crippen LogP contribution in [-0.2, 0) is 0 Å². The Kier molecular flexibility index (Phi) is 3.70. The van der Waals surface area contributed by atoms with Crippen molar-refractivity contribution < 1.29 is 10.2 Å². The zero-order chi connectivity index (χ0) is 13.4. The summed E-state index contributed by atoms with van der Waals surface area (Å²) >= 11 is 0. The van der Waals surface area contributed by atoms with Gasteiger partial charge in [-0.15, -0.1) is 0 Å². The first-order chi connectivity index (χ1) is 8.44. The second-order valence-electron chi connectivity index (χ2n) is 6.37. The SMILES string of the molecule is C=C(C)C1CCC2(O)CCCC=C2C1(C)CCO. The lowest BCUT2D eigenvalue weighted by Gasteiger charge is -2.53. The van der Waals surface area contributed by atoms with Gasteiger partial charge in [-0.05, 0) is 62.4 Å². The number of hydrogen-bond acceptors (Lipinski definition) is 2. The number of rotatable bonds is 3. The van der Waals surface area contributed by atoms with Crippen LogP contribution >= 0.6 is 0 Å². The molecule has 0 spiro atoms. The van der Waals surface area contributed by atoms with E-state index in [2.05, 4.69) is 26.5 Å². The van der Waals surface area contributed by atoms with Crippen molar-refractivity contribution >= 4 is 0 Å². The summed E-state index contributed by atoms with van der Waals surface area (Å²) in [6.07, 6.45) is 7.79. The molecule has 0 radical (unpaired) electrons. The van der Waals surface area contributed by atoms with E-state index in [4.69, 9.17) is 0 Å². The van der Waals surface area contributed by atoms with Gasteiger partial charge in [0.2, 0.25) is 0 Å². The molecule has 3 atom stereocenters. The minimum absolute atomic E-state index is 0.117. The fourth-order valence-corrected chi connectivity index (χ4v) is 4.21. The lowest BCUT2D eigenvalue weighted by Crippen LogP contribution is -2.49. The van der Waals surface area contributed by atoms with Gasteiger partial charge in [0.25, 0.3) is 0 Å². The summed E-state index contributed by atoms with van der Waals surface area (Å²) in [6, 6.07) is 0. The first-order valence-corrected chi connectivity index (χ1v) is 7.14. The van der Waals surface area contributed by atoms with Crippen molar-refractivity contribution in [2.45, 2.75) is 58.0 Å². The van der Waals surface area contributed by atoms with Crippen LogP contribution in [0.15, 0.2) is 23.8 Å². The maximum Gasteiger partial charge on any atom is 0.0862 e. The topological polar surface area (TPSA) is 40.5 Å². The molecule has 2 N–H and O–H groups in total. The zero-order valence-electron chi connectivity index (χ0n) is 11.7. The Balaban J connectivity index is 2.43. The quantitative estimate of drug-likeness (QED) is 0.755. The number of aliphatic hydroxyl groups excluding tert-OH is 1. The Morgan fingerprint density at radius 1 is 1.50 bits per heavy atom. The van der Waals surface area contributed by atoms with Crippen LogP contribution in [-0.4, -0.2) is 22.4 Å². The van der Waals surface area contributed by atoms with E-state index in [-0.39, 0.29) is 12.0 Å². The van der Waals surface area contributed by atoms with E-state index in [0.29, 0.717) is 5.92 Å². The molecule has 2 nitrogen and oxygen atoms in total. The molecule has 0 aromatic rings. The van der Waals surface area contributed by atoms with Crippen LogP contribution < -0.4 is 0 Å². The molecule has 1 saturated carbocycles. The van der Waals surface area contributed by atoms with E-state index in [1.165, 1.54) is 11.1 Å². The van der Waals surface area contributed by atoms with E-state index in [1.807, 2.05) is 0 Å². The summed E-state index contributed by atoms with van der Waals surface area (Å²) < 4.78 is 0. The lowest BCUT2D eigenvalue weighted by molar-refractivity contribution is -0.0188. The van der Waals surface area contributed by atoms with Gasteiger partial charge in [0.15, 0.2) is 0 Å². The smallest absolute Gasteiger partial charge is 0.0862 e. The highest BCUT2D eigenvalue weighted by Gasteiger charge is 2.51. The molecule has 18 heavy (non-hydrogen) atoms. The van der Waals surface area contributed by atoms with Crippen molar-refractivity contribution in [1.29, 1.82) is 0 Å². The highest BCUT2D eigenvalue weighted by molar-refractivity contribution is 5.33. The van der Waals surface area contributed by atoms with E-state index >= 15 is 0 Å². The van der Waals surface area contributed by atoms with Crippen LogP contribution in [0.3, 0.4) is 0 Å². The van der Waals surface area contributed by atoms with Crippen LogP contribution in [0.5, 0.6) is 0 Å². The molecule has 0 saturated heterocycles. The summed E-state index contributed by atoms with van der Waals surface area (Å²) in [4.78, 5) is 0. The van der Waals surface area contributed by atoms with E-state index in [9.17, 15) is 10.2 Å². The van der Waals surface area contributed by atoms with Gasteiger partial charge in [-0.3, -0.25) is 0 Å². The van der Waals surface area contributed by atoms with Gasteiger partial charge < -0.3 is 10.2 Å². The largest absolute Gasteiger partial charge is 0.396 e. The lowest BCUT2D eigenvalue weighted by atomic mass is 9.54. The number of fused-ring (bicyclic) bond motifs is 1. The Labute approximate surface area is 110 Å². The molecular weight excluding hydrogens is 224 g/mol.